The Kier molecular flexibility index (Phi) is 2.87. The molecule has 4 heteroatoms. The Labute approximate surface area is 89.5 Å². The zero-order valence-electron chi connectivity index (χ0n) is 9.14. The van der Waals surface area contributed by atoms with Crippen LogP contribution >= 0.6 is 0 Å². The number of aryl methyl sites for hydroxylation is 2. The van der Waals surface area contributed by atoms with E-state index in [4.69, 9.17) is 0 Å². The van der Waals surface area contributed by atoms with E-state index in [1.807, 2.05) is 24.0 Å². The maximum Gasteiger partial charge on any atom is 0.0518 e. The molecule has 2 heterocycles. The van der Waals surface area contributed by atoms with E-state index < -0.39 is 0 Å². The van der Waals surface area contributed by atoms with E-state index in [1.54, 1.807) is 0 Å². The summed E-state index contributed by atoms with van der Waals surface area (Å²) >= 11 is 0. The molecule has 0 unspecified atom stereocenters. The van der Waals surface area contributed by atoms with E-state index in [2.05, 4.69) is 40.4 Å². The zero-order chi connectivity index (χ0) is 10.7. The van der Waals surface area contributed by atoms with Crippen molar-refractivity contribution in [3.05, 3.63) is 42.0 Å². The third-order valence-electron chi connectivity index (χ3n) is 2.59. The first kappa shape index (κ1) is 9.98. The number of nitrogens with zero attached hydrogens (tertiary/aromatic N) is 3. The number of hydrogen-bond acceptors (Lipinski definition) is 2. The van der Waals surface area contributed by atoms with Crippen molar-refractivity contribution in [1.82, 2.24) is 19.7 Å². The molecule has 0 saturated carbocycles. The van der Waals surface area contributed by atoms with Crippen LogP contribution in [-0.2, 0) is 27.2 Å². The molecule has 0 radical (unpaired) electrons. The van der Waals surface area contributed by atoms with Gasteiger partial charge in [0.05, 0.1) is 5.69 Å². The molecule has 2 aromatic heterocycles. The minimum atomic E-state index is 0.849. The van der Waals surface area contributed by atoms with Gasteiger partial charge in [0.1, 0.15) is 0 Å². The van der Waals surface area contributed by atoms with E-state index in [0.29, 0.717) is 0 Å². The van der Waals surface area contributed by atoms with Crippen molar-refractivity contribution in [3.63, 3.8) is 0 Å². The SMILES string of the molecule is Cn1cccc1CNCc1ccnn1C. The van der Waals surface area contributed by atoms with Crippen LogP contribution < -0.4 is 5.32 Å². The smallest absolute Gasteiger partial charge is 0.0518 e. The summed E-state index contributed by atoms with van der Waals surface area (Å²) in [6.45, 7) is 1.73. The predicted octanol–water partition coefficient (Wildman–Crippen LogP) is 1.05. The summed E-state index contributed by atoms with van der Waals surface area (Å²) in [5.41, 5.74) is 2.49. The van der Waals surface area contributed by atoms with Gasteiger partial charge in [0.2, 0.25) is 0 Å². The van der Waals surface area contributed by atoms with Gasteiger partial charge in [-0.3, -0.25) is 4.68 Å². The topological polar surface area (TPSA) is 34.8 Å². The van der Waals surface area contributed by atoms with Crippen LogP contribution in [0.25, 0.3) is 0 Å². The van der Waals surface area contributed by atoms with Crippen LogP contribution in [0, 0.1) is 0 Å². The molecule has 0 bridgehead atoms. The Balaban J connectivity index is 1.86. The summed E-state index contributed by atoms with van der Waals surface area (Å²) in [4.78, 5) is 0. The number of aromatic nitrogens is 3. The largest absolute Gasteiger partial charge is 0.353 e. The third-order valence-corrected chi connectivity index (χ3v) is 2.59. The van der Waals surface area contributed by atoms with Crippen molar-refractivity contribution in [1.29, 1.82) is 0 Å². The fourth-order valence-electron chi connectivity index (χ4n) is 1.57. The highest BCUT2D eigenvalue weighted by molar-refractivity contribution is 5.06. The summed E-state index contributed by atoms with van der Waals surface area (Å²) in [6.07, 6.45) is 3.88. The van der Waals surface area contributed by atoms with E-state index in [1.165, 1.54) is 11.4 Å². The highest BCUT2D eigenvalue weighted by atomic mass is 15.3. The molecular weight excluding hydrogens is 188 g/mol. The van der Waals surface area contributed by atoms with Crippen molar-refractivity contribution in [3.8, 4) is 0 Å². The lowest BCUT2D eigenvalue weighted by Gasteiger charge is -2.06. The van der Waals surface area contributed by atoms with Gasteiger partial charge in [-0.1, -0.05) is 0 Å². The third kappa shape index (κ3) is 2.27. The molecule has 80 valence electrons. The molecular formula is C11H16N4. The molecule has 0 fully saturated rings. The summed E-state index contributed by atoms with van der Waals surface area (Å²) < 4.78 is 4.01. The van der Waals surface area contributed by atoms with Crippen LogP contribution in [0.1, 0.15) is 11.4 Å². The molecule has 0 aliphatic rings. The summed E-state index contributed by atoms with van der Waals surface area (Å²) in [5, 5.41) is 7.51. The normalized spacial score (nSPS) is 10.8. The van der Waals surface area contributed by atoms with Crippen LogP contribution in [0.15, 0.2) is 30.6 Å². The fourth-order valence-corrected chi connectivity index (χ4v) is 1.57. The zero-order valence-corrected chi connectivity index (χ0v) is 9.14. The average Bonchev–Trinajstić information content (AvgIpc) is 2.78. The first-order valence-electron chi connectivity index (χ1n) is 5.05. The monoisotopic (exact) mass is 204 g/mol. The molecule has 0 amide bonds. The lowest BCUT2D eigenvalue weighted by atomic mass is 10.4. The Morgan fingerprint density at radius 2 is 2.00 bits per heavy atom. The van der Waals surface area contributed by atoms with Crippen molar-refractivity contribution in [2.75, 3.05) is 0 Å². The number of nitrogens with one attached hydrogen (secondary N) is 1. The van der Waals surface area contributed by atoms with Crippen molar-refractivity contribution in [2.24, 2.45) is 14.1 Å². The lowest BCUT2D eigenvalue weighted by Crippen LogP contribution is -2.16. The van der Waals surface area contributed by atoms with E-state index >= 15 is 0 Å². The fraction of sp³-hybridized carbons (Fsp3) is 0.364. The predicted molar refractivity (Wildman–Crippen MR) is 59.2 cm³/mol. The van der Waals surface area contributed by atoms with Gasteiger partial charge in [-0.25, -0.2) is 0 Å². The van der Waals surface area contributed by atoms with E-state index in [0.717, 1.165) is 13.1 Å². The standard InChI is InChI=1S/C11H16N4/c1-14-7-3-4-10(14)8-12-9-11-5-6-13-15(11)2/h3-7,12H,8-9H2,1-2H3. The average molecular weight is 204 g/mol. The minimum absolute atomic E-state index is 0.849. The van der Waals surface area contributed by atoms with E-state index in [-0.39, 0.29) is 0 Å². The molecule has 0 aromatic carbocycles. The highest BCUT2D eigenvalue weighted by Gasteiger charge is 1.99. The number of rotatable bonds is 4. The molecule has 2 rings (SSSR count). The van der Waals surface area contributed by atoms with Crippen molar-refractivity contribution in [2.45, 2.75) is 13.1 Å². The van der Waals surface area contributed by atoms with Crippen LogP contribution in [0.4, 0.5) is 0 Å². The molecule has 15 heavy (non-hydrogen) atoms. The summed E-state index contributed by atoms with van der Waals surface area (Å²) in [5.74, 6) is 0. The van der Waals surface area contributed by atoms with Gasteiger partial charge in [0.25, 0.3) is 0 Å². The summed E-state index contributed by atoms with van der Waals surface area (Å²) in [7, 11) is 4.01. The molecule has 0 atom stereocenters. The molecule has 0 saturated heterocycles. The van der Waals surface area contributed by atoms with E-state index in [9.17, 15) is 0 Å². The van der Waals surface area contributed by atoms with Crippen LogP contribution in [0.5, 0.6) is 0 Å². The van der Waals surface area contributed by atoms with Gasteiger partial charge in [-0.05, 0) is 18.2 Å². The molecule has 1 N–H and O–H groups in total. The maximum atomic E-state index is 4.12. The van der Waals surface area contributed by atoms with Gasteiger partial charge >= 0.3 is 0 Å². The second-order valence-corrected chi connectivity index (χ2v) is 3.66. The van der Waals surface area contributed by atoms with Crippen LogP contribution in [0.3, 0.4) is 0 Å². The molecule has 4 nitrogen and oxygen atoms in total. The van der Waals surface area contributed by atoms with Gasteiger partial charge in [0.15, 0.2) is 0 Å². The Bertz CT molecular complexity index is 387. The Morgan fingerprint density at radius 1 is 1.20 bits per heavy atom. The maximum absolute atomic E-state index is 4.12. The first-order chi connectivity index (χ1) is 7.27. The minimum Gasteiger partial charge on any atom is -0.353 e. The molecule has 2 aromatic rings. The van der Waals surface area contributed by atoms with Gasteiger partial charge in [-0.15, -0.1) is 0 Å². The van der Waals surface area contributed by atoms with Crippen LogP contribution in [0.2, 0.25) is 0 Å². The Morgan fingerprint density at radius 3 is 2.60 bits per heavy atom. The lowest BCUT2D eigenvalue weighted by molar-refractivity contribution is 0.609. The molecule has 0 spiro atoms. The highest BCUT2D eigenvalue weighted by Crippen LogP contribution is 2.00. The van der Waals surface area contributed by atoms with Gasteiger partial charge < -0.3 is 9.88 Å². The van der Waals surface area contributed by atoms with Gasteiger partial charge in [-0.2, -0.15) is 5.10 Å². The van der Waals surface area contributed by atoms with Gasteiger partial charge in [0, 0.05) is 45.3 Å². The quantitative estimate of drug-likeness (QED) is 0.807. The number of hydrogen-bond donors (Lipinski definition) is 1. The molecule has 0 aliphatic heterocycles. The Hall–Kier alpha value is -1.55. The first-order valence-corrected chi connectivity index (χ1v) is 5.05. The molecule has 0 aliphatic carbocycles. The van der Waals surface area contributed by atoms with Crippen LogP contribution in [-0.4, -0.2) is 14.3 Å². The second kappa shape index (κ2) is 4.31. The van der Waals surface area contributed by atoms with Crippen molar-refractivity contribution >= 4 is 0 Å². The second-order valence-electron chi connectivity index (χ2n) is 3.66. The summed E-state index contributed by atoms with van der Waals surface area (Å²) in [6, 6.07) is 6.20. The van der Waals surface area contributed by atoms with Crippen molar-refractivity contribution < 1.29 is 0 Å².